The lowest BCUT2D eigenvalue weighted by atomic mass is 10.1. The Balaban J connectivity index is 2.37. The van der Waals surface area contributed by atoms with Crippen LogP contribution in [0.5, 0.6) is 0 Å². The molecule has 0 saturated carbocycles. The van der Waals surface area contributed by atoms with E-state index in [0.717, 1.165) is 6.42 Å². The van der Waals surface area contributed by atoms with E-state index in [1.165, 1.54) is 19.3 Å². The van der Waals surface area contributed by atoms with Gasteiger partial charge in [0.1, 0.15) is 0 Å². The average Bonchev–Trinajstić information content (AvgIpc) is 2.41. The van der Waals surface area contributed by atoms with E-state index in [1.54, 1.807) is 18.2 Å². The second kappa shape index (κ2) is 9.22. The minimum absolute atomic E-state index is 0.137. The van der Waals surface area contributed by atoms with E-state index >= 15 is 0 Å². The van der Waals surface area contributed by atoms with Gasteiger partial charge in [-0.25, -0.2) is 0 Å². The first-order chi connectivity index (χ1) is 9.54. The number of halogens is 2. The molecule has 5 heteroatoms. The van der Waals surface area contributed by atoms with Crippen molar-refractivity contribution in [3.05, 3.63) is 28.2 Å². The molecule has 1 unspecified atom stereocenters. The fourth-order valence-corrected chi connectivity index (χ4v) is 2.36. The molecule has 1 aromatic rings. The van der Waals surface area contributed by atoms with Gasteiger partial charge in [-0.2, -0.15) is 0 Å². The maximum atomic E-state index is 11.9. The van der Waals surface area contributed by atoms with Crippen molar-refractivity contribution in [3.8, 4) is 0 Å². The SMILES string of the molecule is CCCCCC(C)NCC(=O)Nc1c(Cl)cccc1Cl. The molecular formula is C15H22Cl2N2O. The van der Waals surface area contributed by atoms with Gasteiger partial charge in [0.05, 0.1) is 22.3 Å². The summed E-state index contributed by atoms with van der Waals surface area (Å²) in [7, 11) is 0. The summed E-state index contributed by atoms with van der Waals surface area (Å²) in [6.07, 6.45) is 4.70. The number of carbonyl (C=O) groups excluding carboxylic acids is 1. The molecule has 2 N–H and O–H groups in total. The highest BCUT2D eigenvalue weighted by molar-refractivity contribution is 6.39. The van der Waals surface area contributed by atoms with Gasteiger partial charge < -0.3 is 10.6 Å². The molecule has 1 atom stereocenters. The molecule has 0 heterocycles. The summed E-state index contributed by atoms with van der Waals surface area (Å²) >= 11 is 12.0. The number of hydrogen-bond donors (Lipinski definition) is 2. The molecule has 0 aliphatic heterocycles. The summed E-state index contributed by atoms with van der Waals surface area (Å²) < 4.78 is 0. The van der Waals surface area contributed by atoms with Gasteiger partial charge in [-0.15, -0.1) is 0 Å². The second-order valence-corrected chi connectivity index (χ2v) is 5.74. The number of hydrogen-bond acceptors (Lipinski definition) is 2. The quantitative estimate of drug-likeness (QED) is 0.694. The van der Waals surface area contributed by atoms with Gasteiger partial charge in [-0.1, -0.05) is 55.5 Å². The van der Waals surface area contributed by atoms with Gasteiger partial charge in [0.2, 0.25) is 5.91 Å². The average molecular weight is 317 g/mol. The summed E-state index contributed by atoms with van der Waals surface area (Å²) in [6.45, 7) is 4.53. The van der Waals surface area contributed by atoms with Crippen molar-refractivity contribution in [2.45, 2.75) is 45.6 Å². The minimum Gasteiger partial charge on any atom is -0.322 e. The lowest BCUT2D eigenvalue weighted by Crippen LogP contribution is -2.34. The summed E-state index contributed by atoms with van der Waals surface area (Å²) in [6, 6.07) is 5.47. The van der Waals surface area contributed by atoms with Crippen LogP contribution in [0.15, 0.2) is 18.2 Å². The third-order valence-corrected chi connectivity index (χ3v) is 3.71. The van der Waals surface area contributed by atoms with E-state index in [1.807, 2.05) is 0 Å². The Morgan fingerprint density at radius 1 is 1.25 bits per heavy atom. The molecule has 0 aliphatic rings. The maximum absolute atomic E-state index is 11.9. The molecule has 3 nitrogen and oxygen atoms in total. The first-order valence-electron chi connectivity index (χ1n) is 7.01. The molecular weight excluding hydrogens is 295 g/mol. The normalized spacial score (nSPS) is 12.2. The number of benzene rings is 1. The highest BCUT2D eigenvalue weighted by atomic mass is 35.5. The number of unbranched alkanes of at least 4 members (excludes halogenated alkanes) is 2. The predicted octanol–water partition coefficient (Wildman–Crippen LogP) is 4.49. The number of rotatable bonds is 8. The van der Waals surface area contributed by atoms with E-state index in [0.29, 0.717) is 21.8 Å². The zero-order valence-electron chi connectivity index (χ0n) is 12.0. The van der Waals surface area contributed by atoms with Gasteiger partial charge in [-0.3, -0.25) is 4.79 Å². The Labute approximate surface area is 131 Å². The van der Waals surface area contributed by atoms with Crippen LogP contribution in [0.4, 0.5) is 5.69 Å². The molecule has 0 aliphatic carbocycles. The van der Waals surface area contributed by atoms with Crippen molar-refractivity contribution >= 4 is 34.8 Å². The van der Waals surface area contributed by atoms with Crippen molar-refractivity contribution in [1.29, 1.82) is 0 Å². The maximum Gasteiger partial charge on any atom is 0.238 e. The number of para-hydroxylation sites is 1. The second-order valence-electron chi connectivity index (χ2n) is 4.92. The highest BCUT2D eigenvalue weighted by Gasteiger charge is 2.10. The predicted molar refractivity (Wildman–Crippen MR) is 86.7 cm³/mol. The lowest BCUT2D eigenvalue weighted by molar-refractivity contribution is -0.115. The van der Waals surface area contributed by atoms with Crippen molar-refractivity contribution < 1.29 is 4.79 Å². The third kappa shape index (κ3) is 6.12. The Morgan fingerprint density at radius 2 is 1.90 bits per heavy atom. The monoisotopic (exact) mass is 316 g/mol. The van der Waals surface area contributed by atoms with Crippen molar-refractivity contribution in [2.75, 3.05) is 11.9 Å². The first-order valence-corrected chi connectivity index (χ1v) is 7.77. The smallest absolute Gasteiger partial charge is 0.238 e. The first kappa shape index (κ1) is 17.3. The van der Waals surface area contributed by atoms with Gasteiger partial charge in [-0.05, 0) is 25.5 Å². The van der Waals surface area contributed by atoms with Crippen LogP contribution in [-0.2, 0) is 4.79 Å². The van der Waals surface area contributed by atoms with E-state index in [-0.39, 0.29) is 12.5 Å². The van der Waals surface area contributed by atoms with Crippen LogP contribution in [-0.4, -0.2) is 18.5 Å². The van der Waals surface area contributed by atoms with Crippen LogP contribution in [0.25, 0.3) is 0 Å². The standard InChI is InChI=1S/C15H22Cl2N2O/c1-3-4-5-7-11(2)18-10-14(20)19-15-12(16)8-6-9-13(15)17/h6,8-9,11,18H,3-5,7,10H2,1-2H3,(H,19,20). The van der Waals surface area contributed by atoms with Crippen LogP contribution in [0.3, 0.4) is 0 Å². The number of amides is 1. The van der Waals surface area contributed by atoms with Crippen LogP contribution in [0.2, 0.25) is 10.0 Å². The number of anilines is 1. The summed E-state index contributed by atoms with van der Waals surface area (Å²) in [5.74, 6) is -0.137. The Kier molecular flexibility index (Phi) is 7.97. The molecule has 0 spiro atoms. The molecule has 1 rings (SSSR count). The molecule has 1 aromatic carbocycles. The van der Waals surface area contributed by atoms with E-state index in [2.05, 4.69) is 24.5 Å². The zero-order valence-corrected chi connectivity index (χ0v) is 13.5. The summed E-state index contributed by atoms with van der Waals surface area (Å²) in [5.41, 5.74) is 0.473. The van der Waals surface area contributed by atoms with Gasteiger partial charge in [0, 0.05) is 6.04 Å². The third-order valence-electron chi connectivity index (χ3n) is 3.08. The van der Waals surface area contributed by atoms with E-state index < -0.39 is 0 Å². The van der Waals surface area contributed by atoms with Crippen LogP contribution < -0.4 is 10.6 Å². The molecule has 0 saturated heterocycles. The Morgan fingerprint density at radius 3 is 2.50 bits per heavy atom. The molecule has 20 heavy (non-hydrogen) atoms. The van der Waals surface area contributed by atoms with Crippen LogP contribution in [0.1, 0.15) is 39.5 Å². The van der Waals surface area contributed by atoms with Gasteiger partial charge >= 0.3 is 0 Å². The molecule has 0 radical (unpaired) electrons. The molecule has 0 aromatic heterocycles. The molecule has 112 valence electrons. The lowest BCUT2D eigenvalue weighted by Gasteiger charge is -2.14. The van der Waals surface area contributed by atoms with Crippen molar-refractivity contribution in [2.24, 2.45) is 0 Å². The van der Waals surface area contributed by atoms with E-state index in [9.17, 15) is 4.79 Å². The fraction of sp³-hybridized carbons (Fsp3) is 0.533. The fourth-order valence-electron chi connectivity index (χ4n) is 1.87. The molecule has 0 bridgehead atoms. The van der Waals surface area contributed by atoms with Crippen LogP contribution in [0, 0.1) is 0 Å². The number of nitrogens with one attached hydrogen (secondary N) is 2. The van der Waals surface area contributed by atoms with Crippen LogP contribution >= 0.6 is 23.2 Å². The molecule has 1 amide bonds. The Bertz CT molecular complexity index is 418. The topological polar surface area (TPSA) is 41.1 Å². The summed E-state index contributed by atoms with van der Waals surface area (Å²) in [5, 5.41) is 6.83. The largest absolute Gasteiger partial charge is 0.322 e. The molecule has 0 fully saturated rings. The highest BCUT2D eigenvalue weighted by Crippen LogP contribution is 2.29. The minimum atomic E-state index is -0.137. The van der Waals surface area contributed by atoms with Crippen molar-refractivity contribution in [3.63, 3.8) is 0 Å². The zero-order chi connectivity index (χ0) is 15.0. The van der Waals surface area contributed by atoms with Gasteiger partial charge in [0.15, 0.2) is 0 Å². The summed E-state index contributed by atoms with van der Waals surface area (Å²) in [4.78, 5) is 11.9. The van der Waals surface area contributed by atoms with E-state index in [4.69, 9.17) is 23.2 Å². The van der Waals surface area contributed by atoms with Crippen molar-refractivity contribution in [1.82, 2.24) is 5.32 Å². The Hall–Kier alpha value is -0.770. The van der Waals surface area contributed by atoms with Gasteiger partial charge in [0.25, 0.3) is 0 Å². The number of carbonyl (C=O) groups is 1.